The van der Waals surface area contributed by atoms with Crippen LogP contribution < -0.4 is 10.3 Å². The number of amides is 1. The first-order valence-corrected chi connectivity index (χ1v) is 9.10. The van der Waals surface area contributed by atoms with Crippen molar-refractivity contribution in [3.05, 3.63) is 30.1 Å². The molecule has 1 aromatic heterocycles. The quantitative estimate of drug-likeness (QED) is 0.466. The van der Waals surface area contributed by atoms with Crippen LogP contribution in [0, 0.1) is 0 Å². The molecule has 0 saturated carbocycles. The van der Waals surface area contributed by atoms with Crippen molar-refractivity contribution in [2.45, 2.75) is 44.2 Å². The normalized spacial score (nSPS) is 31.0. The zero-order valence-electron chi connectivity index (χ0n) is 13.6. The van der Waals surface area contributed by atoms with Gasteiger partial charge in [0.2, 0.25) is 0 Å². The average molecular weight is 375 g/mol. The Balaban J connectivity index is 1.86. The van der Waals surface area contributed by atoms with Gasteiger partial charge < -0.3 is 29.7 Å². The topological polar surface area (TPSA) is 141 Å². The fourth-order valence-electron chi connectivity index (χ4n) is 3.00. The van der Waals surface area contributed by atoms with Gasteiger partial charge >= 0.3 is 7.82 Å². The molecule has 0 radical (unpaired) electrons. The lowest BCUT2D eigenvalue weighted by Crippen LogP contribution is -2.46. The maximum Gasteiger partial charge on any atom is 0.469 e. The first-order valence-electron chi connectivity index (χ1n) is 7.57. The Kier molecular flexibility index (Phi) is 4.71. The third kappa shape index (κ3) is 4.06. The van der Waals surface area contributed by atoms with E-state index in [9.17, 15) is 9.36 Å². The van der Waals surface area contributed by atoms with E-state index in [0.29, 0.717) is 0 Å². The van der Waals surface area contributed by atoms with E-state index in [-0.39, 0.29) is 12.2 Å². The second-order valence-corrected chi connectivity index (χ2v) is 7.56. The maximum atomic E-state index is 11.4. The molecule has 0 aromatic carbocycles. The molecular weight excluding hydrogens is 355 g/mol. The molecule has 3 heterocycles. The Hall–Kier alpha value is -1.39. The largest absolute Gasteiger partial charge is 0.469 e. The van der Waals surface area contributed by atoms with Gasteiger partial charge in [-0.3, -0.25) is 9.32 Å². The molecular formula is C14H20N2O8P+. The summed E-state index contributed by atoms with van der Waals surface area (Å²) in [7, 11) is -4.64. The second kappa shape index (κ2) is 6.40. The van der Waals surface area contributed by atoms with Crippen LogP contribution in [0.25, 0.3) is 0 Å². The van der Waals surface area contributed by atoms with Crippen molar-refractivity contribution in [3.8, 4) is 0 Å². The van der Waals surface area contributed by atoms with Crippen LogP contribution in [-0.2, 0) is 23.3 Å². The number of phosphoric ester groups is 1. The summed E-state index contributed by atoms with van der Waals surface area (Å²) in [5, 5.41) is 0. The van der Waals surface area contributed by atoms with Crippen LogP contribution >= 0.6 is 7.82 Å². The van der Waals surface area contributed by atoms with Gasteiger partial charge in [-0.05, 0) is 19.9 Å². The third-order valence-electron chi connectivity index (χ3n) is 3.93. The van der Waals surface area contributed by atoms with Gasteiger partial charge in [0.15, 0.2) is 24.3 Å². The van der Waals surface area contributed by atoms with Gasteiger partial charge in [0, 0.05) is 6.07 Å². The Labute approximate surface area is 143 Å². The molecule has 2 aliphatic heterocycles. The fraction of sp³-hybridized carbons (Fsp3) is 0.571. The van der Waals surface area contributed by atoms with Crippen molar-refractivity contribution >= 4 is 13.7 Å². The van der Waals surface area contributed by atoms with E-state index in [2.05, 4.69) is 4.52 Å². The second-order valence-electron chi connectivity index (χ2n) is 6.32. The molecule has 25 heavy (non-hydrogen) atoms. The molecule has 10 nitrogen and oxygen atoms in total. The van der Waals surface area contributed by atoms with E-state index >= 15 is 0 Å². The van der Waals surface area contributed by atoms with Crippen LogP contribution in [0.1, 0.15) is 30.4 Å². The number of phosphoric acid groups is 1. The van der Waals surface area contributed by atoms with Gasteiger partial charge in [0.25, 0.3) is 12.1 Å². The molecule has 0 spiro atoms. The van der Waals surface area contributed by atoms with Crippen LogP contribution in [0.5, 0.6) is 0 Å². The van der Waals surface area contributed by atoms with E-state index < -0.39 is 44.1 Å². The van der Waals surface area contributed by atoms with E-state index in [1.807, 2.05) is 0 Å². The van der Waals surface area contributed by atoms with Crippen LogP contribution in [0.15, 0.2) is 24.5 Å². The summed E-state index contributed by atoms with van der Waals surface area (Å²) in [5.74, 6) is -1.48. The van der Waals surface area contributed by atoms with Crippen molar-refractivity contribution in [1.82, 2.24) is 0 Å². The van der Waals surface area contributed by atoms with Crippen LogP contribution in [0.2, 0.25) is 0 Å². The Morgan fingerprint density at radius 1 is 1.40 bits per heavy atom. The van der Waals surface area contributed by atoms with Gasteiger partial charge in [-0.25, -0.2) is 4.57 Å². The summed E-state index contributed by atoms with van der Waals surface area (Å²) >= 11 is 0. The number of fused-ring (bicyclic) bond motifs is 1. The monoisotopic (exact) mass is 375 g/mol. The zero-order chi connectivity index (χ0) is 18.4. The number of nitrogens with zero attached hydrogens (tertiary/aromatic N) is 1. The van der Waals surface area contributed by atoms with E-state index in [1.165, 1.54) is 6.20 Å². The first-order chi connectivity index (χ1) is 11.6. The lowest BCUT2D eigenvalue weighted by atomic mass is 10.1. The highest BCUT2D eigenvalue weighted by Crippen LogP contribution is 2.43. The van der Waals surface area contributed by atoms with E-state index in [0.717, 1.165) is 0 Å². The number of hydrogen-bond donors (Lipinski definition) is 3. The van der Waals surface area contributed by atoms with Gasteiger partial charge in [-0.15, -0.1) is 0 Å². The smallest absolute Gasteiger partial charge is 0.365 e. The highest BCUT2D eigenvalue weighted by Gasteiger charge is 2.59. The van der Waals surface area contributed by atoms with Gasteiger partial charge in [0.05, 0.1) is 6.61 Å². The van der Waals surface area contributed by atoms with Crippen LogP contribution in [0.4, 0.5) is 0 Å². The fourth-order valence-corrected chi connectivity index (χ4v) is 3.34. The molecule has 4 atom stereocenters. The lowest BCUT2D eigenvalue weighted by molar-refractivity contribution is -0.766. The molecule has 4 N–H and O–H groups in total. The highest BCUT2D eigenvalue weighted by atomic mass is 31.2. The summed E-state index contributed by atoms with van der Waals surface area (Å²) < 4.78 is 34.6. The van der Waals surface area contributed by atoms with Crippen LogP contribution in [-0.4, -0.2) is 46.4 Å². The molecule has 1 amide bonds. The molecule has 138 valence electrons. The number of hydrogen-bond acceptors (Lipinski definition) is 6. The SMILES string of the molecule is CC1(C)OC2[C@H](O1)C(COP(=O)(O)O)O[C@H]2[n+]1cccc(C(N)=O)c1. The minimum Gasteiger partial charge on any atom is -0.365 e. The zero-order valence-corrected chi connectivity index (χ0v) is 14.5. The molecule has 11 heteroatoms. The molecule has 0 bridgehead atoms. The summed E-state index contributed by atoms with van der Waals surface area (Å²) in [6.07, 6.45) is 0.635. The van der Waals surface area contributed by atoms with E-state index in [4.69, 9.17) is 29.7 Å². The standard InChI is InChI=1S/C14H19N2O8P/c1-14(2)23-10-9(7-21-25(18,19)20)22-13(11(10)24-14)16-5-3-4-8(6-16)12(15)17/h3-6,9-11,13H,7H2,1-2H3,(H3-,15,17,18,19,20)/p+1/t9?,10-,11?,13-/m1/s1. The maximum absolute atomic E-state index is 11.4. The summed E-state index contributed by atoms with van der Waals surface area (Å²) in [6.45, 7) is 3.10. The third-order valence-corrected chi connectivity index (χ3v) is 4.42. The van der Waals surface area contributed by atoms with E-state index in [1.54, 1.807) is 36.7 Å². The van der Waals surface area contributed by atoms with Crippen molar-refractivity contribution in [2.75, 3.05) is 6.61 Å². The minimum absolute atomic E-state index is 0.288. The Morgan fingerprint density at radius 2 is 2.08 bits per heavy atom. The number of carbonyl (C=O) groups excluding carboxylic acids is 1. The number of nitrogens with two attached hydrogens (primary N) is 1. The number of carbonyl (C=O) groups is 1. The highest BCUT2D eigenvalue weighted by molar-refractivity contribution is 7.46. The van der Waals surface area contributed by atoms with Crippen molar-refractivity contribution < 1.29 is 42.4 Å². The number of rotatable bonds is 5. The van der Waals surface area contributed by atoms with Gasteiger partial charge in [-0.1, -0.05) is 0 Å². The molecule has 1 aromatic rings. The lowest BCUT2D eigenvalue weighted by Gasteiger charge is -2.22. The Bertz CT molecular complexity index is 721. The Morgan fingerprint density at radius 3 is 2.72 bits per heavy atom. The number of pyridine rings is 1. The van der Waals surface area contributed by atoms with Gasteiger partial charge in [-0.2, -0.15) is 4.57 Å². The van der Waals surface area contributed by atoms with Crippen molar-refractivity contribution in [1.29, 1.82) is 0 Å². The predicted molar refractivity (Wildman–Crippen MR) is 80.9 cm³/mol. The number of ether oxygens (including phenoxy) is 3. The summed E-state index contributed by atoms with van der Waals surface area (Å²) in [5.41, 5.74) is 5.59. The molecule has 2 aliphatic rings. The van der Waals surface area contributed by atoms with Crippen LogP contribution in [0.3, 0.4) is 0 Å². The van der Waals surface area contributed by atoms with Crippen molar-refractivity contribution in [2.24, 2.45) is 5.73 Å². The average Bonchev–Trinajstić information content (AvgIpc) is 2.97. The summed E-state index contributed by atoms with van der Waals surface area (Å²) in [4.78, 5) is 29.2. The molecule has 2 fully saturated rings. The molecule has 3 rings (SSSR count). The molecule has 2 saturated heterocycles. The minimum atomic E-state index is -4.64. The van der Waals surface area contributed by atoms with Gasteiger partial charge in [0.1, 0.15) is 17.8 Å². The first kappa shape index (κ1) is 18.4. The predicted octanol–water partition coefficient (Wildman–Crippen LogP) is -0.400. The summed E-state index contributed by atoms with van der Waals surface area (Å²) in [6, 6.07) is 3.20. The number of aromatic nitrogens is 1. The molecule has 0 aliphatic carbocycles. The molecule has 2 unspecified atom stereocenters. The number of primary amides is 1. The van der Waals surface area contributed by atoms with Crippen molar-refractivity contribution in [3.63, 3.8) is 0 Å².